The van der Waals surface area contributed by atoms with Gasteiger partial charge in [0.05, 0.1) is 52.2 Å². The Morgan fingerprint density at radius 3 is 0.729 bits per heavy atom. The monoisotopic (exact) mass is 893 g/mol. The van der Waals surface area contributed by atoms with Crippen LogP contribution in [0.4, 0.5) is 0 Å². The molecular weight excluding hydrogens is 852 g/mol. The Labute approximate surface area is 407 Å². The number of rotatable bonds is 9. The average molecular weight is 894 g/mol. The summed E-state index contributed by atoms with van der Waals surface area (Å²) in [5.74, 6) is 0. The maximum atomic E-state index is 4.73. The molecule has 13 rings (SSSR count). The van der Waals surface area contributed by atoms with E-state index in [4.69, 9.17) is 15.3 Å². The molecule has 0 aliphatic rings. The lowest BCUT2D eigenvalue weighted by Gasteiger charge is -2.18. The third-order valence-corrected chi connectivity index (χ3v) is 13.3. The van der Waals surface area contributed by atoms with Gasteiger partial charge in [0.2, 0.25) is 0 Å². The first-order chi connectivity index (χ1) is 34.2. The topological polar surface area (TPSA) is 53.5 Å². The second kappa shape index (κ2) is 17.7. The molecule has 0 saturated carbocycles. The molecule has 13 aromatic rings. The summed E-state index contributed by atoms with van der Waals surface area (Å²) in [4.78, 5) is 0. The Morgan fingerprint density at radius 2 is 0.457 bits per heavy atom. The molecular formula is C63H42BN6. The first-order valence-corrected chi connectivity index (χ1v) is 23.2. The zero-order valence-electron chi connectivity index (χ0n) is 38.0. The normalized spacial score (nSPS) is 11.3. The van der Waals surface area contributed by atoms with Gasteiger partial charge in [-0.05, 0) is 140 Å². The summed E-state index contributed by atoms with van der Waals surface area (Å²) in [6, 6.07) is 84.6. The standard InChI is InChI=1S/C63H42N6.B/c1-10-22-61-46(13-1)40-64-67(61)52-31-25-43(26-32-52)55-16-4-7-19-58(55)49-37-50(59-20-8-5-17-56(59)44-27-33-53(34-28-44)68-62-23-11-2-14-47(62)41-65-68)39-51(38-49)60-21-9-6-18-57(60)45-29-35-54(36-30-45)69-63-24-12-3-15-48(63)42-66-69;/h1-42H;. The van der Waals surface area contributed by atoms with Crippen LogP contribution in [-0.2, 0) is 0 Å². The van der Waals surface area contributed by atoms with E-state index in [1.54, 1.807) is 0 Å². The number of nitrogens with zero attached hydrogens (tertiary/aromatic N) is 6. The lowest BCUT2D eigenvalue weighted by atomic mass is 9.86. The van der Waals surface area contributed by atoms with Crippen LogP contribution in [0.1, 0.15) is 0 Å². The Balaban J connectivity index is 0.00000505. The van der Waals surface area contributed by atoms with E-state index in [-0.39, 0.29) is 8.41 Å². The van der Waals surface area contributed by atoms with Crippen LogP contribution in [0.2, 0.25) is 0 Å². The number of benzene rings is 10. The highest BCUT2D eigenvalue weighted by atomic mass is 15.3. The quantitative estimate of drug-likeness (QED) is 0.136. The van der Waals surface area contributed by atoms with Crippen molar-refractivity contribution in [3.8, 4) is 83.8 Å². The molecule has 0 spiro atoms. The van der Waals surface area contributed by atoms with E-state index in [9.17, 15) is 0 Å². The summed E-state index contributed by atoms with van der Waals surface area (Å²) in [5.41, 5.74) is 20.0. The molecule has 0 fully saturated rings. The fourth-order valence-corrected chi connectivity index (χ4v) is 9.93. The van der Waals surface area contributed by atoms with Crippen LogP contribution >= 0.6 is 0 Å². The SMILES string of the molecule is [B].c1ccc(-c2cc(-c3ccccc3-c3ccc(-n4ncc5ccccc54)cc3)cc(-c3ccccc3-c3ccc(-n4ncc5ccccc54)cc3)c2)c(-c2ccc(-n3ncc4ccccc43)cc2)c1. The lowest BCUT2D eigenvalue weighted by molar-refractivity contribution is 0.911. The minimum Gasteiger partial charge on any atom is -0.233 e. The van der Waals surface area contributed by atoms with Gasteiger partial charge in [-0.2, -0.15) is 15.3 Å². The highest BCUT2D eigenvalue weighted by molar-refractivity contribution is 5.94. The van der Waals surface area contributed by atoms with Crippen molar-refractivity contribution in [2.24, 2.45) is 0 Å². The number of hydrogen-bond donors (Lipinski definition) is 0. The summed E-state index contributed by atoms with van der Waals surface area (Å²) in [7, 11) is 0. The van der Waals surface area contributed by atoms with Gasteiger partial charge in [-0.15, -0.1) is 0 Å². The van der Waals surface area contributed by atoms with Gasteiger partial charge in [0.25, 0.3) is 0 Å². The molecule has 327 valence electrons. The Bertz CT molecular complexity index is 3580. The average Bonchev–Trinajstić information content (AvgIpc) is 4.19. The predicted molar refractivity (Wildman–Crippen MR) is 289 cm³/mol. The van der Waals surface area contributed by atoms with Crippen LogP contribution in [0.5, 0.6) is 0 Å². The van der Waals surface area contributed by atoms with Crippen molar-refractivity contribution < 1.29 is 0 Å². The Kier molecular flexibility index (Phi) is 10.6. The molecule has 0 atom stereocenters. The third-order valence-electron chi connectivity index (χ3n) is 13.3. The minimum absolute atomic E-state index is 0. The maximum absolute atomic E-state index is 4.73. The van der Waals surface area contributed by atoms with E-state index < -0.39 is 0 Å². The van der Waals surface area contributed by atoms with E-state index in [1.807, 2.05) is 32.6 Å². The van der Waals surface area contributed by atoms with Crippen LogP contribution in [-0.4, -0.2) is 37.8 Å². The van der Waals surface area contributed by atoms with E-state index >= 15 is 0 Å². The van der Waals surface area contributed by atoms with E-state index in [1.165, 1.54) is 0 Å². The van der Waals surface area contributed by atoms with Crippen molar-refractivity contribution in [1.29, 1.82) is 0 Å². The number of hydrogen-bond acceptors (Lipinski definition) is 3. The Morgan fingerprint density at radius 1 is 0.229 bits per heavy atom. The first-order valence-electron chi connectivity index (χ1n) is 23.2. The number of aromatic nitrogens is 6. The first kappa shape index (κ1) is 42.1. The molecule has 70 heavy (non-hydrogen) atoms. The molecule has 0 saturated heterocycles. The van der Waals surface area contributed by atoms with Crippen LogP contribution in [0.15, 0.2) is 255 Å². The molecule has 0 unspecified atom stereocenters. The number of fused-ring (bicyclic) bond motifs is 3. The second-order valence-corrected chi connectivity index (χ2v) is 17.4. The van der Waals surface area contributed by atoms with Gasteiger partial charge in [0, 0.05) is 24.6 Å². The highest BCUT2D eigenvalue weighted by Crippen LogP contribution is 2.42. The van der Waals surface area contributed by atoms with E-state index in [0.29, 0.717) is 0 Å². The van der Waals surface area contributed by atoms with Gasteiger partial charge in [-0.3, -0.25) is 0 Å². The van der Waals surface area contributed by atoms with E-state index in [0.717, 1.165) is 117 Å². The van der Waals surface area contributed by atoms with Gasteiger partial charge in [-0.1, -0.05) is 164 Å². The fourth-order valence-electron chi connectivity index (χ4n) is 9.93. The maximum Gasteiger partial charge on any atom is 0.0741 e. The highest BCUT2D eigenvalue weighted by Gasteiger charge is 2.17. The zero-order chi connectivity index (χ0) is 45.7. The van der Waals surface area contributed by atoms with Crippen molar-refractivity contribution in [2.45, 2.75) is 0 Å². The molecule has 7 heteroatoms. The predicted octanol–water partition coefficient (Wildman–Crippen LogP) is 15.3. The molecule has 0 amide bonds. The van der Waals surface area contributed by atoms with Gasteiger partial charge in [0.15, 0.2) is 0 Å². The smallest absolute Gasteiger partial charge is 0.0741 e. The molecule has 0 aliphatic carbocycles. The summed E-state index contributed by atoms with van der Waals surface area (Å²) in [6.45, 7) is 0. The Hall–Kier alpha value is -9.33. The molecule has 0 aliphatic heterocycles. The number of para-hydroxylation sites is 3. The van der Waals surface area contributed by atoms with Crippen LogP contribution < -0.4 is 0 Å². The molecule has 0 N–H and O–H groups in total. The van der Waals surface area contributed by atoms with Gasteiger partial charge in [0.1, 0.15) is 0 Å². The summed E-state index contributed by atoms with van der Waals surface area (Å²) >= 11 is 0. The molecule has 3 aromatic heterocycles. The van der Waals surface area contributed by atoms with Gasteiger partial charge < -0.3 is 0 Å². The molecule has 3 radical (unpaired) electrons. The minimum atomic E-state index is 0. The fraction of sp³-hybridized carbons (Fsp3) is 0. The summed E-state index contributed by atoms with van der Waals surface area (Å²) < 4.78 is 6.03. The van der Waals surface area contributed by atoms with Crippen LogP contribution in [0, 0.1) is 0 Å². The molecule has 0 bridgehead atoms. The van der Waals surface area contributed by atoms with Crippen molar-refractivity contribution in [1.82, 2.24) is 29.3 Å². The van der Waals surface area contributed by atoms with E-state index in [2.05, 4.69) is 237 Å². The lowest BCUT2D eigenvalue weighted by Crippen LogP contribution is -1.96. The van der Waals surface area contributed by atoms with Gasteiger partial charge >= 0.3 is 0 Å². The largest absolute Gasteiger partial charge is 0.233 e. The van der Waals surface area contributed by atoms with Crippen LogP contribution in [0.3, 0.4) is 0 Å². The van der Waals surface area contributed by atoms with Crippen molar-refractivity contribution in [3.63, 3.8) is 0 Å². The van der Waals surface area contributed by atoms with Gasteiger partial charge in [-0.25, -0.2) is 14.0 Å². The van der Waals surface area contributed by atoms with Crippen molar-refractivity contribution >= 4 is 41.1 Å². The van der Waals surface area contributed by atoms with Crippen LogP contribution in [0.25, 0.3) is 117 Å². The van der Waals surface area contributed by atoms with Crippen molar-refractivity contribution in [2.75, 3.05) is 0 Å². The molecule has 10 aromatic carbocycles. The third kappa shape index (κ3) is 7.47. The molecule has 3 heterocycles. The van der Waals surface area contributed by atoms with Crippen molar-refractivity contribution in [3.05, 3.63) is 255 Å². The summed E-state index contributed by atoms with van der Waals surface area (Å²) in [6.07, 6.45) is 5.78. The molecule has 6 nitrogen and oxygen atoms in total. The second-order valence-electron chi connectivity index (χ2n) is 17.4. The summed E-state index contributed by atoms with van der Waals surface area (Å²) in [5, 5.41) is 17.5. The zero-order valence-corrected chi connectivity index (χ0v) is 38.0.